The smallest absolute Gasteiger partial charge is 0.390 e. The highest BCUT2D eigenvalue weighted by molar-refractivity contribution is 5.56. The van der Waals surface area contributed by atoms with Crippen molar-refractivity contribution in [2.75, 3.05) is 25.2 Å². The summed E-state index contributed by atoms with van der Waals surface area (Å²) in [4.78, 5) is 0. The largest absolute Gasteiger partial charge is 0.418 e. The van der Waals surface area contributed by atoms with E-state index < -0.39 is 24.2 Å². The lowest BCUT2D eigenvalue weighted by Gasteiger charge is -2.31. The molecular formula is C12H12F4N2O. The van der Waals surface area contributed by atoms with Crippen molar-refractivity contribution in [2.24, 2.45) is 0 Å². The summed E-state index contributed by atoms with van der Waals surface area (Å²) < 4.78 is 52.3. The molecule has 0 saturated heterocycles. The average molecular weight is 276 g/mol. The van der Waals surface area contributed by atoms with Crippen molar-refractivity contribution in [1.29, 1.82) is 0 Å². The number of hydrazine groups is 1. The maximum atomic E-state index is 13.6. The zero-order valence-corrected chi connectivity index (χ0v) is 10.1. The SMILES string of the molecule is CN1C(CO)=C(F)CN1c1ccccc1C(F)(F)F. The van der Waals surface area contributed by atoms with Gasteiger partial charge in [-0.3, -0.25) is 10.0 Å². The van der Waals surface area contributed by atoms with Gasteiger partial charge in [0.1, 0.15) is 5.83 Å². The molecule has 0 aromatic heterocycles. The van der Waals surface area contributed by atoms with Crippen molar-refractivity contribution < 1.29 is 22.7 Å². The first-order chi connectivity index (χ1) is 8.86. The fourth-order valence-corrected chi connectivity index (χ4v) is 2.02. The number of hydrogen-bond acceptors (Lipinski definition) is 3. The topological polar surface area (TPSA) is 26.7 Å². The van der Waals surface area contributed by atoms with Crippen molar-refractivity contribution in [1.82, 2.24) is 5.01 Å². The van der Waals surface area contributed by atoms with E-state index in [1.54, 1.807) is 0 Å². The van der Waals surface area contributed by atoms with Crippen LogP contribution in [0.3, 0.4) is 0 Å². The Bertz CT molecular complexity index is 513. The van der Waals surface area contributed by atoms with Gasteiger partial charge in [0, 0.05) is 7.05 Å². The Labute approximate surface area is 107 Å². The molecule has 0 bridgehead atoms. The van der Waals surface area contributed by atoms with Crippen molar-refractivity contribution in [3.05, 3.63) is 41.4 Å². The Hall–Kier alpha value is -1.76. The number of anilines is 1. The number of benzene rings is 1. The molecule has 0 amide bonds. The van der Waals surface area contributed by atoms with Crippen LogP contribution in [0.25, 0.3) is 0 Å². The summed E-state index contributed by atoms with van der Waals surface area (Å²) in [7, 11) is 1.41. The molecule has 1 aromatic carbocycles. The quantitative estimate of drug-likeness (QED) is 0.841. The molecule has 1 heterocycles. The predicted octanol–water partition coefficient (Wildman–Crippen LogP) is 2.55. The van der Waals surface area contributed by atoms with Crippen LogP contribution in [0, 0.1) is 0 Å². The highest BCUT2D eigenvalue weighted by Gasteiger charge is 2.37. The number of nitrogens with zero attached hydrogens (tertiary/aromatic N) is 2. The van der Waals surface area contributed by atoms with Crippen LogP contribution in [0.4, 0.5) is 23.2 Å². The van der Waals surface area contributed by atoms with Gasteiger partial charge in [0.15, 0.2) is 0 Å². The number of para-hydroxylation sites is 1. The van der Waals surface area contributed by atoms with Gasteiger partial charge in [0.25, 0.3) is 0 Å². The zero-order chi connectivity index (χ0) is 14.2. The summed E-state index contributed by atoms with van der Waals surface area (Å²) in [6.45, 7) is -0.882. The minimum absolute atomic E-state index is 0.0306. The number of rotatable bonds is 2. The summed E-state index contributed by atoms with van der Waals surface area (Å²) in [6.07, 6.45) is -4.52. The van der Waals surface area contributed by atoms with Crippen LogP contribution in [-0.2, 0) is 6.18 Å². The Morgan fingerprint density at radius 1 is 1.26 bits per heavy atom. The maximum Gasteiger partial charge on any atom is 0.418 e. The van der Waals surface area contributed by atoms with Gasteiger partial charge < -0.3 is 5.11 Å². The lowest BCUT2D eigenvalue weighted by molar-refractivity contribution is -0.137. The molecule has 0 aliphatic carbocycles. The lowest BCUT2D eigenvalue weighted by atomic mass is 10.1. The molecule has 3 nitrogen and oxygen atoms in total. The van der Waals surface area contributed by atoms with Crippen molar-refractivity contribution in [3.63, 3.8) is 0 Å². The van der Waals surface area contributed by atoms with Crippen molar-refractivity contribution >= 4 is 5.69 Å². The predicted molar refractivity (Wildman–Crippen MR) is 61.8 cm³/mol. The van der Waals surface area contributed by atoms with Crippen LogP contribution >= 0.6 is 0 Å². The molecular weight excluding hydrogens is 264 g/mol. The van der Waals surface area contributed by atoms with Crippen LogP contribution < -0.4 is 5.01 Å². The molecule has 1 aliphatic rings. The highest BCUT2D eigenvalue weighted by atomic mass is 19.4. The van der Waals surface area contributed by atoms with Gasteiger partial charge in [-0.15, -0.1) is 0 Å². The normalized spacial score (nSPS) is 16.5. The highest BCUT2D eigenvalue weighted by Crippen LogP contribution is 2.39. The molecule has 0 fully saturated rings. The van der Waals surface area contributed by atoms with Gasteiger partial charge in [-0.25, -0.2) is 4.39 Å². The third-order valence-corrected chi connectivity index (χ3v) is 2.99. The summed E-state index contributed by atoms with van der Waals surface area (Å²) in [5, 5.41) is 11.3. The van der Waals surface area contributed by atoms with E-state index in [-0.39, 0.29) is 17.9 Å². The first-order valence-corrected chi connectivity index (χ1v) is 5.52. The van der Waals surface area contributed by atoms with Gasteiger partial charge in [0.2, 0.25) is 0 Å². The van der Waals surface area contributed by atoms with Crippen LogP contribution in [-0.4, -0.2) is 30.3 Å². The molecule has 19 heavy (non-hydrogen) atoms. The summed E-state index contributed by atoms with van der Waals surface area (Å²) >= 11 is 0. The van der Waals surface area contributed by atoms with E-state index in [4.69, 9.17) is 5.11 Å². The molecule has 7 heteroatoms. The monoisotopic (exact) mass is 276 g/mol. The van der Waals surface area contributed by atoms with Crippen LogP contribution in [0.5, 0.6) is 0 Å². The van der Waals surface area contributed by atoms with Gasteiger partial charge in [-0.2, -0.15) is 13.2 Å². The first kappa shape index (κ1) is 13.7. The Kier molecular flexibility index (Phi) is 3.40. The second-order valence-electron chi connectivity index (χ2n) is 4.11. The molecule has 0 spiro atoms. The van der Waals surface area contributed by atoms with E-state index in [9.17, 15) is 17.6 Å². The number of halogens is 4. The van der Waals surface area contributed by atoms with Crippen LogP contribution in [0.2, 0.25) is 0 Å². The first-order valence-electron chi connectivity index (χ1n) is 5.52. The summed E-state index contributed by atoms with van der Waals surface area (Å²) in [5.41, 5.74) is -1.01. The molecule has 0 saturated carbocycles. The Morgan fingerprint density at radius 2 is 1.89 bits per heavy atom. The molecule has 0 radical (unpaired) electrons. The van der Waals surface area contributed by atoms with Crippen molar-refractivity contribution in [2.45, 2.75) is 6.18 Å². The number of hydrogen-bond donors (Lipinski definition) is 1. The molecule has 1 N–H and O–H groups in total. The van der Waals surface area contributed by atoms with Gasteiger partial charge in [0.05, 0.1) is 30.1 Å². The molecule has 104 valence electrons. The third-order valence-electron chi connectivity index (χ3n) is 2.99. The van der Waals surface area contributed by atoms with E-state index in [1.165, 1.54) is 30.3 Å². The summed E-state index contributed by atoms with van der Waals surface area (Å²) in [6, 6.07) is 4.94. The number of aliphatic hydroxyl groups is 1. The van der Waals surface area contributed by atoms with E-state index in [2.05, 4.69) is 0 Å². The fraction of sp³-hybridized carbons (Fsp3) is 0.333. The fourth-order valence-electron chi connectivity index (χ4n) is 2.02. The van der Waals surface area contributed by atoms with Gasteiger partial charge in [-0.05, 0) is 12.1 Å². The number of alkyl halides is 3. The average Bonchev–Trinajstić information content (AvgIpc) is 2.63. The number of aliphatic hydroxyl groups excluding tert-OH is 1. The van der Waals surface area contributed by atoms with E-state index >= 15 is 0 Å². The number of likely N-dealkylation sites (N-methyl/N-ethyl adjacent to an activating group) is 1. The van der Waals surface area contributed by atoms with Crippen molar-refractivity contribution in [3.8, 4) is 0 Å². The Morgan fingerprint density at radius 3 is 2.42 bits per heavy atom. The molecule has 1 aromatic rings. The van der Waals surface area contributed by atoms with E-state index in [0.717, 1.165) is 11.1 Å². The van der Waals surface area contributed by atoms with Gasteiger partial charge in [-0.1, -0.05) is 12.1 Å². The molecule has 2 rings (SSSR count). The van der Waals surface area contributed by atoms with Crippen LogP contribution in [0.1, 0.15) is 5.56 Å². The van der Waals surface area contributed by atoms with E-state index in [0.29, 0.717) is 0 Å². The summed E-state index contributed by atoms with van der Waals surface area (Å²) in [5.74, 6) is -0.637. The maximum absolute atomic E-state index is 13.6. The minimum Gasteiger partial charge on any atom is -0.390 e. The minimum atomic E-state index is -4.52. The van der Waals surface area contributed by atoms with Gasteiger partial charge >= 0.3 is 6.18 Å². The molecule has 1 aliphatic heterocycles. The second kappa shape index (κ2) is 4.73. The molecule has 0 atom stereocenters. The zero-order valence-electron chi connectivity index (χ0n) is 10.1. The third kappa shape index (κ3) is 2.37. The lowest BCUT2D eigenvalue weighted by Crippen LogP contribution is -2.36. The second-order valence-corrected chi connectivity index (χ2v) is 4.11. The van der Waals surface area contributed by atoms with Crippen LogP contribution in [0.15, 0.2) is 35.8 Å². The molecule has 0 unspecified atom stereocenters. The standard InChI is InChI=1S/C12H12F4N2O/c1-17-11(7-19)9(13)6-18(17)10-5-3-2-4-8(10)12(14,15)16/h2-5,19H,6-7H2,1H3. The van der Waals surface area contributed by atoms with E-state index in [1.807, 2.05) is 0 Å². The Balaban J connectivity index is 2.41.